The van der Waals surface area contributed by atoms with E-state index in [1.807, 2.05) is 91.0 Å². The van der Waals surface area contributed by atoms with Crippen LogP contribution in [0.3, 0.4) is 0 Å². The number of ether oxygens (including phenoxy) is 1. The fraction of sp³-hybridized carbons (Fsp3) is 0.194. The van der Waals surface area contributed by atoms with Crippen LogP contribution >= 0.6 is 18.2 Å². The number of esters is 1. The van der Waals surface area contributed by atoms with Crippen molar-refractivity contribution in [2.24, 2.45) is 5.92 Å². The van der Waals surface area contributed by atoms with Crippen molar-refractivity contribution in [2.45, 2.75) is 31.9 Å². The van der Waals surface area contributed by atoms with Gasteiger partial charge in [0.2, 0.25) is 11.5 Å². The lowest BCUT2D eigenvalue weighted by Crippen LogP contribution is -2.67. The van der Waals surface area contributed by atoms with Gasteiger partial charge in [-0.2, -0.15) is 0 Å². The largest absolute Gasteiger partial charge is 0.408 e. The number of aliphatic hydroxyl groups is 1. The molecular formula is C36H35N2O6PS. The first-order chi connectivity index (χ1) is 22.2. The number of benzene rings is 3. The lowest BCUT2D eigenvalue weighted by Gasteiger charge is -2.50. The molecule has 0 radical (unpaired) electrons. The Labute approximate surface area is 272 Å². The minimum atomic E-state index is -3.12. The van der Waals surface area contributed by atoms with Gasteiger partial charge in [-0.3, -0.25) is 24.1 Å². The van der Waals surface area contributed by atoms with Crippen LogP contribution in [0.15, 0.2) is 115 Å². The molecule has 2 amide bonds. The van der Waals surface area contributed by atoms with E-state index in [9.17, 15) is 24.3 Å². The van der Waals surface area contributed by atoms with Crippen LogP contribution in [0.2, 0.25) is 0 Å². The predicted molar refractivity (Wildman–Crippen MR) is 184 cm³/mol. The summed E-state index contributed by atoms with van der Waals surface area (Å²) < 4.78 is 6.31. The third-order valence-corrected chi connectivity index (χ3v) is 13.1. The number of nitrogens with one attached hydrogen (secondary N) is 1. The first kappa shape index (κ1) is 32.8. The van der Waals surface area contributed by atoms with Crippen molar-refractivity contribution >= 4 is 63.3 Å². The number of rotatable bonds is 12. The van der Waals surface area contributed by atoms with Crippen LogP contribution in [0.5, 0.6) is 0 Å². The molecule has 2 heterocycles. The van der Waals surface area contributed by atoms with E-state index >= 15 is 0 Å². The molecule has 2 N–H and O–H groups in total. The minimum absolute atomic E-state index is 0.106. The highest BCUT2D eigenvalue weighted by atomic mass is 32.1. The molecule has 0 unspecified atom stereocenters. The second-order valence-electron chi connectivity index (χ2n) is 10.9. The van der Waals surface area contributed by atoms with Crippen molar-refractivity contribution in [3.63, 3.8) is 0 Å². The van der Waals surface area contributed by atoms with Gasteiger partial charge in [-0.25, -0.2) is 0 Å². The Balaban J connectivity index is 1.80. The van der Waals surface area contributed by atoms with Crippen molar-refractivity contribution < 1.29 is 29.0 Å². The highest BCUT2D eigenvalue weighted by Gasteiger charge is 2.55. The molecule has 5 rings (SSSR count). The molecule has 4 aromatic rings. The molecule has 1 aromatic heterocycles. The standard InChI is InChI=1S/C36H35N2O6PS/c1-4-14-32(41)44-36(38-29(33(24(2)39)35(38)43)22-30(40)31-21-25(23-46-31)34(42)37-3)45(26-15-8-5-9-16-26,27-17-10-6-11-18-27)28-19-12-7-13-20-28/h4-13,15-21,23-24,29,33,39H,1,14,22H2,2-3H3,(H,37,42)/t24-,29-,33-/m1/s1. The van der Waals surface area contributed by atoms with Crippen LogP contribution in [0.25, 0.3) is 0 Å². The summed E-state index contributed by atoms with van der Waals surface area (Å²) in [6, 6.07) is 29.5. The van der Waals surface area contributed by atoms with E-state index in [0.29, 0.717) is 10.4 Å². The molecule has 0 saturated carbocycles. The SMILES string of the molecule is C=CCC(=O)OC(N1C(=O)[C@H]([C@@H](C)O)[C@H]1CC(=O)c1cc(C(=O)NC)cs1)=P(c1ccccc1)(c1ccccc1)c1ccccc1. The van der Waals surface area contributed by atoms with Crippen molar-refractivity contribution in [3.05, 3.63) is 126 Å². The van der Waals surface area contributed by atoms with Crippen molar-refractivity contribution in [2.75, 3.05) is 7.05 Å². The van der Waals surface area contributed by atoms with Gasteiger partial charge >= 0.3 is 5.97 Å². The molecule has 236 valence electrons. The lowest BCUT2D eigenvalue weighted by atomic mass is 9.81. The van der Waals surface area contributed by atoms with Crippen LogP contribution in [0.4, 0.5) is 0 Å². The van der Waals surface area contributed by atoms with E-state index in [0.717, 1.165) is 27.3 Å². The van der Waals surface area contributed by atoms with Gasteiger partial charge in [0.15, 0.2) is 5.78 Å². The number of aliphatic hydroxyl groups excluding tert-OH is 1. The summed E-state index contributed by atoms with van der Waals surface area (Å²) in [4.78, 5) is 55.3. The number of ketones is 1. The maximum absolute atomic E-state index is 14.2. The highest BCUT2D eigenvalue weighted by Crippen LogP contribution is 2.50. The second kappa shape index (κ2) is 14.3. The Kier molecular flexibility index (Phi) is 10.2. The molecule has 0 bridgehead atoms. The van der Waals surface area contributed by atoms with Crippen LogP contribution in [-0.2, 0) is 14.3 Å². The number of carbonyl (C=O) groups excluding carboxylic acids is 4. The number of amides is 2. The number of β-lactam (4-membered cyclic amide) rings is 1. The Morgan fingerprint density at radius 1 is 0.978 bits per heavy atom. The van der Waals surface area contributed by atoms with E-state index in [-0.39, 0.29) is 30.1 Å². The fourth-order valence-corrected chi connectivity index (χ4v) is 10.9. The van der Waals surface area contributed by atoms with E-state index in [2.05, 4.69) is 11.9 Å². The summed E-state index contributed by atoms with van der Waals surface area (Å²) in [7, 11) is 1.51. The number of carbonyl (C=O) groups is 4. The molecule has 0 spiro atoms. The van der Waals surface area contributed by atoms with Gasteiger partial charge in [0, 0.05) is 25.7 Å². The Morgan fingerprint density at radius 3 is 1.96 bits per heavy atom. The van der Waals surface area contributed by atoms with Gasteiger partial charge in [0.05, 0.1) is 34.9 Å². The molecule has 8 nitrogen and oxygen atoms in total. The fourth-order valence-electron chi connectivity index (χ4n) is 5.86. The second-order valence-corrected chi connectivity index (χ2v) is 15.1. The molecule has 0 aliphatic carbocycles. The number of Topliss-reactive ketones (excluding diaryl/α,β-unsaturated/α-hetero) is 1. The predicted octanol–water partition coefficient (Wildman–Crippen LogP) is 4.09. The normalized spacial score (nSPS) is 16.6. The van der Waals surface area contributed by atoms with Gasteiger partial charge < -0.3 is 15.2 Å². The molecule has 10 heteroatoms. The maximum atomic E-state index is 14.2. The average molecular weight is 655 g/mol. The average Bonchev–Trinajstić information content (AvgIpc) is 3.57. The van der Waals surface area contributed by atoms with Crippen LogP contribution in [-0.4, -0.2) is 58.4 Å². The minimum Gasteiger partial charge on any atom is -0.408 e. The maximum Gasteiger partial charge on any atom is 0.316 e. The lowest BCUT2D eigenvalue weighted by molar-refractivity contribution is -0.157. The summed E-state index contributed by atoms with van der Waals surface area (Å²) in [5, 5.41) is 17.5. The number of likely N-dealkylation sites (tertiary alicyclic amines) is 1. The Bertz CT molecular complexity index is 1700. The monoisotopic (exact) mass is 654 g/mol. The van der Waals surface area contributed by atoms with E-state index < -0.39 is 36.8 Å². The van der Waals surface area contributed by atoms with Crippen molar-refractivity contribution in [1.82, 2.24) is 10.2 Å². The Morgan fingerprint density at radius 2 is 1.50 bits per heavy atom. The highest BCUT2D eigenvalue weighted by molar-refractivity contribution is 7.95. The summed E-state index contributed by atoms with van der Waals surface area (Å²) in [5.41, 5.74) is 0.483. The van der Waals surface area contributed by atoms with E-state index in [1.54, 1.807) is 5.38 Å². The molecule has 1 aliphatic rings. The summed E-state index contributed by atoms with van der Waals surface area (Å²) in [6.45, 7) is 2.09. The van der Waals surface area contributed by atoms with E-state index in [1.165, 1.54) is 31.0 Å². The van der Waals surface area contributed by atoms with Crippen molar-refractivity contribution in [1.29, 1.82) is 0 Å². The van der Waals surface area contributed by atoms with Gasteiger partial charge in [0.25, 0.3) is 5.91 Å². The number of thiophene rings is 1. The number of hydrogen-bond acceptors (Lipinski definition) is 7. The molecular weight excluding hydrogens is 619 g/mol. The first-order valence-corrected chi connectivity index (χ1v) is 17.5. The van der Waals surface area contributed by atoms with Crippen LogP contribution in [0, 0.1) is 5.92 Å². The quantitative estimate of drug-likeness (QED) is 0.0783. The van der Waals surface area contributed by atoms with E-state index in [4.69, 9.17) is 4.74 Å². The number of hydrogen-bond donors (Lipinski definition) is 2. The molecule has 1 fully saturated rings. The molecule has 1 saturated heterocycles. The zero-order chi connectivity index (χ0) is 32.8. The van der Waals surface area contributed by atoms with Gasteiger partial charge in [-0.15, -0.1) is 17.9 Å². The Hall–Kier alpha value is -4.56. The molecule has 1 aliphatic heterocycles. The number of nitrogens with zero attached hydrogens (tertiary/aromatic N) is 1. The smallest absolute Gasteiger partial charge is 0.316 e. The first-order valence-electron chi connectivity index (χ1n) is 14.8. The molecule has 46 heavy (non-hydrogen) atoms. The summed E-state index contributed by atoms with van der Waals surface area (Å²) in [6.07, 6.45) is 0.0986. The molecule has 3 aromatic carbocycles. The summed E-state index contributed by atoms with van der Waals surface area (Å²) >= 11 is 1.14. The summed E-state index contributed by atoms with van der Waals surface area (Å²) in [5.74, 6) is -2.58. The molecule has 3 atom stereocenters. The van der Waals surface area contributed by atoms with Crippen LogP contribution in [0.1, 0.15) is 39.8 Å². The van der Waals surface area contributed by atoms with Gasteiger partial charge in [0.1, 0.15) is 0 Å². The topological polar surface area (TPSA) is 113 Å². The van der Waals surface area contributed by atoms with Crippen LogP contribution < -0.4 is 21.2 Å². The van der Waals surface area contributed by atoms with Crippen molar-refractivity contribution in [3.8, 4) is 0 Å². The zero-order valence-corrected chi connectivity index (χ0v) is 27.2. The zero-order valence-electron chi connectivity index (χ0n) is 25.5. The third kappa shape index (κ3) is 6.14. The third-order valence-electron chi connectivity index (χ3n) is 7.99. The van der Waals surface area contributed by atoms with Gasteiger partial charge in [-0.1, -0.05) is 97.1 Å². The van der Waals surface area contributed by atoms with Gasteiger partial charge in [-0.05, 0) is 28.9 Å².